The van der Waals surface area contributed by atoms with Crippen LogP contribution in [0.25, 0.3) is 0 Å². The second kappa shape index (κ2) is 5.12. The number of benzene rings is 1. The van der Waals surface area contributed by atoms with Crippen molar-refractivity contribution in [2.75, 3.05) is 10.6 Å². The van der Waals surface area contributed by atoms with Gasteiger partial charge in [-0.05, 0) is 34.8 Å². The Morgan fingerprint density at radius 1 is 1.16 bits per heavy atom. The Hall–Kier alpha value is -1.10. The fourth-order valence-corrected chi connectivity index (χ4v) is 3.33. The lowest BCUT2D eigenvalue weighted by molar-refractivity contribution is -0.120. The van der Waals surface area contributed by atoms with Gasteiger partial charge in [0.15, 0.2) is 0 Å². The molecule has 1 aliphatic heterocycles. The molecule has 1 fully saturated rings. The lowest BCUT2D eigenvalue weighted by Gasteiger charge is -2.22. The maximum Gasteiger partial charge on any atom is 0.229 e. The molecule has 0 saturated heterocycles. The minimum Gasteiger partial charge on any atom is -0.380 e. The molecule has 2 N–H and O–H groups in total. The number of nitrogens with one attached hydrogen (secondary N) is 2. The zero-order chi connectivity index (χ0) is 13.4. The van der Waals surface area contributed by atoms with Crippen LogP contribution in [0.15, 0.2) is 16.6 Å². The van der Waals surface area contributed by atoms with Gasteiger partial charge in [-0.15, -0.1) is 0 Å². The lowest BCUT2D eigenvalue weighted by atomic mass is 9.94. The van der Waals surface area contributed by atoms with Crippen molar-refractivity contribution in [3.63, 3.8) is 0 Å². The van der Waals surface area contributed by atoms with Crippen molar-refractivity contribution in [1.82, 2.24) is 0 Å². The first kappa shape index (κ1) is 12.9. The van der Waals surface area contributed by atoms with Gasteiger partial charge in [-0.2, -0.15) is 0 Å². The molecule has 2 unspecified atom stereocenters. The molecule has 1 saturated carbocycles. The van der Waals surface area contributed by atoms with Gasteiger partial charge in [0, 0.05) is 12.1 Å². The van der Waals surface area contributed by atoms with Gasteiger partial charge in [-0.1, -0.05) is 19.3 Å². The fourth-order valence-electron chi connectivity index (χ4n) is 2.99. The van der Waals surface area contributed by atoms with E-state index < -0.39 is 0 Å². The van der Waals surface area contributed by atoms with Crippen LogP contribution in [0.4, 0.5) is 15.8 Å². The molecule has 102 valence electrons. The van der Waals surface area contributed by atoms with Crippen LogP contribution >= 0.6 is 15.9 Å². The highest BCUT2D eigenvalue weighted by Gasteiger charge is 2.33. The molecule has 1 heterocycles. The minimum absolute atomic E-state index is 0.0138. The van der Waals surface area contributed by atoms with E-state index in [0.717, 1.165) is 31.4 Å². The minimum atomic E-state index is -0.358. The first-order valence-corrected chi connectivity index (χ1v) is 7.51. The van der Waals surface area contributed by atoms with E-state index in [4.69, 9.17) is 0 Å². The third-order valence-electron chi connectivity index (χ3n) is 4.01. The van der Waals surface area contributed by atoms with E-state index in [2.05, 4.69) is 26.6 Å². The molecule has 5 heteroatoms. The van der Waals surface area contributed by atoms with Crippen LogP contribution < -0.4 is 10.6 Å². The maximum atomic E-state index is 13.6. The highest BCUT2D eigenvalue weighted by atomic mass is 79.9. The molecular formula is C14H16BrFN2O. The van der Waals surface area contributed by atoms with Crippen LogP contribution in [0.2, 0.25) is 0 Å². The van der Waals surface area contributed by atoms with E-state index >= 15 is 0 Å². The fraction of sp³-hybridized carbons (Fsp3) is 0.500. The van der Waals surface area contributed by atoms with Crippen molar-refractivity contribution in [2.24, 2.45) is 5.92 Å². The number of hydrogen-bond acceptors (Lipinski definition) is 2. The Balaban J connectivity index is 1.98. The zero-order valence-electron chi connectivity index (χ0n) is 10.5. The Kier molecular flexibility index (Phi) is 3.48. The number of hydrogen-bond donors (Lipinski definition) is 2. The molecule has 0 spiro atoms. The molecule has 3 nitrogen and oxygen atoms in total. The van der Waals surface area contributed by atoms with Crippen molar-refractivity contribution in [2.45, 2.75) is 38.1 Å². The number of rotatable bonds is 0. The van der Waals surface area contributed by atoms with Gasteiger partial charge in [0.1, 0.15) is 5.82 Å². The average molecular weight is 327 g/mol. The van der Waals surface area contributed by atoms with Crippen LogP contribution in [-0.4, -0.2) is 11.9 Å². The summed E-state index contributed by atoms with van der Waals surface area (Å²) in [4.78, 5) is 12.3. The van der Waals surface area contributed by atoms with Gasteiger partial charge >= 0.3 is 0 Å². The van der Waals surface area contributed by atoms with E-state index in [1.165, 1.54) is 12.5 Å². The molecule has 2 atom stereocenters. The number of anilines is 2. The second-order valence-electron chi connectivity index (χ2n) is 5.30. The molecular weight excluding hydrogens is 311 g/mol. The number of halogens is 2. The second-order valence-corrected chi connectivity index (χ2v) is 6.15. The smallest absolute Gasteiger partial charge is 0.229 e. The Morgan fingerprint density at radius 2 is 1.95 bits per heavy atom. The zero-order valence-corrected chi connectivity index (χ0v) is 12.1. The molecule has 1 aliphatic carbocycles. The number of carbonyl (C=O) groups is 1. The van der Waals surface area contributed by atoms with Gasteiger partial charge in [0.05, 0.1) is 21.8 Å². The van der Waals surface area contributed by atoms with Crippen LogP contribution in [0.3, 0.4) is 0 Å². The van der Waals surface area contributed by atoms with E-state index in [1.807, 2.05) is 0 Å². The van der Waals surface area contributed by atoms with Crippen LogP contribution in [0.1, 0.15) is 32.1 Å². The van der Waals surface area contributed by atoms with Crippen LogP contribution in [-0.2, 0) is 4.79 Å². The van der Waals surface area contributed by atoms with Gasteiger partial charge in [-0.25, -0.2) is 4.39 Å². The lowest BCUT2D eigenvalue weighted by Crippen LogP contribution is -2.34. The number of fused-ring (bicyclic) bond motifs is 2. The average Bonchev–Trinajstić information content (AvgIpc) is 2.65. The molecule has 1 aromatic carbocycles. The molecule has 1 amide bonds. The van der Waals surface area contributed by atoms with Gasteiger partial charge in [0.25, 0.3) is 0 Å². The van der Waals surface area contributed by atoms with Crippen molar-refractivity contribution in [3.8, 4) is 0 Å². The summed E-state index contributed by atoms with van der Waals surface area (Å²) in [5, 5.41) is 6.28. The van der Waals surface area contributed by atoms with E-state index in [9.17, 15) is 9.18 Å². The quantitative estimate of drug-likeness (QED) is 0.759. The maximum absolute atomic E-state index is 13.6. The standard InChI is InChI=1S/C14H16BrFN2O/c15-9-6-12-13(7-10(9)16)18-14(19)8-4-2-1-3-5-11(8)17-12/h6-8,11,17H,1-5H2,(H,18,19). The summed E-state index contributed by atoms with van der Waals surface area (Å²) in [6.45, 7) is 0. The van der Waals surface area contributed by atoms with Gasteiger partial charge in [0.2, 0.25) is 5.91 Å². The summed E-state index contributed by atoms with van der Waals surface area (Å²) in [6.07, 6.45) is 5.30. The summed E-state index contributed by atoms with van der Waals surface area (Å²) < 4.78 is 14.0. The number of carbonyl (C=O) groups excluding carboxylic acids is 1. The summed E-state index contributed by atoms with van der Waals surface area (Å²) >= 11 is 3.19. The first-order chi connectivity index (χ1) is 9.15. The summed E-state index contributed by atoms with van der Waals surface area (Å²) in [6, 6.07) is 3.23. The van der Waals surface area contributed by atoms with Gasteiger partial charge < -0.3 is 10.6 Å². The van der Waals surface area contributed by atoms with Crippen molar-refractivity contribution >= 4 is 33.2 Å². The molecule has 0 aromatic heterocycles. The van der Waals surface area contributed by atoms with E-state index in [0.29, 0.717) is 10.2 Å². The first-order valence-electron chi connectivity index (χ1n) is 6.71. The predicted molar refractivity (Wildman–Crippen MR) is 76.7 cm³/mol. The van der Waals surface area contributed by atoms with Crippen molar-refractivity contribution in [3.05, 3.63) is 22.4 Å². The van der Waals surface area contributed by atoms with E-state index in [-0.39, 0.29) is 23.7 Å². The third-order valence-corrected chi connectivity index (χ3v) is 4.62. The summed E-state index contributed by atoms with van der Waals surface area (Å²) in [5.74, 6) is -0.362. The van der Waals surface area contributed by atoms with Crippen molar-refractivity contribution in [1.29, 1.82) is 0 Å². The molecule has 0 radical (unpaired) electrons. The molecule has 3 rings (SSSR count). The highest BCUT2D eigenvalue weighted by Crippen LogP contribution is 2.36. The molecule has 0 bridgehead atoms. The SMILES string of the molecule is O=C1Nc2cc(F)c(Br)cc2NC2CCCCCC12. The van der Waals surface area contributed by atoms with E-state index in [1.54, 1.807) is 6.07 Å². The monoisotopic (exact) mass is 326 g/mol. The topological polar surface area (TPSA) is 41.1 Å². The Bertz CT molecular complexity index is 520. The molecule has 19 heavy (non-hydrogen) atoms. The summed E-state index contributed by atoms with van der Waals surface area (Å²) in [5.41, 5.74) is 1.34. The third kappa shape index (κ3) is 2.48. The van der Waals surface area contributed by atoms with Crippen molar-refractivity contribution < 1.29 is 9.18 Å². The molecule has 2 aliphatic rings. The predicted octanol–water partition coefficient (Wildman–Crippen LogP) is 3.90. The largest absolute Gasteiger partial charge is 0.380 e. The Morgan fingerprint density at radius 3 is 2.79 bits per heavy atom. The molecule has 1 aromatic rings. The summed E-state index contributed by atoms with van der Waals surface area (Å²) in [7, 11) is 0. The van der Waals surface area contributed by atoms with Crippen LogP contribution in [0, 0.1) is 11.7 Å². The van der Waals surface area contributed by atoms with Gasteiger partial charge in [-0.3, -0.25) is 4.79 Å². The number of amides is 1. The highest BCUT2D eigenvalue weighted by molar-refractivity contribution is 9.10. The van der Waals surface area contributed by atoms with Crippen LogP contribution in [0.5, 0.6) is 0 Å². The Labute approximate surface area is 120 Å². The normalized spacial score (nSPS) is 26.3.